The third-order valence-corrected chi connectivity index (χ3v) is 3.34. The molecule has 2 heterocycles. The number of benzene rings is 1. The van der Waals surface area contributed by atoms with Gasteiger partial charge >= 0.3 is 0 Å². The largest absolute Gasteiger partial charge is 0.315 e. The van der Waals surface area contributed by atoms with Crippen molar-refractivity contribution in [2.75, 3.05) is 26.2 Å². The number of hydrogen-bond acceptors (Lipinski definition) is 3. The number of aromatic amines is 1. The number of nitrogens with one attached hydrogen (secondary N) is 2. The molecule has 4 nitrogen and oxygen atoms in total. The van der Waals surface area contributed by atoms with E-state index in [1.54, 1.807) is 0 Å². The van der Waals surface area contributed by atoms with Crippen LogP contribution in [0.5, 0.6) is 0 Å². The fraction of sp³-hybridized carbons (Fsp3) is 0.462. The van der Waals surface area contributed by atoms with Gasteiger partial charge in [0.2, 0.25) is 0 Å². The summed E-state index contributed by atoms with van der Waals surface area (Å²) in [5.74, 6) is 0. The third-order valence-electron chi connectivity index (χ3n) is 3.34. The molecule has 4 heteroatoms. The molecule has 90 valence electrons. The van der Waals surface area contributed by atoms with E-state index in [-0.39, 0.29) is 0 Å². The Morgan fingerprint density at radius 1 is 1.24 bits per heavy atom. The Bertz CT molecular complexity index is 483. The topological polar surface area (TPSA) is 44.0 Å². The maximum absolute atomic E-state index is 4.06. The number of rotatable bonds is 2. The van der Waals surface area contributed by atoms with Gasteiger partial charge in [-0.15, -0.1) is 0 Å². The highest BCUT2D eigenvalue weighted by molar-refractivity contribution is 5.78. The number of fused-ring (bicyclic) bond motifs is 1. The number of nitrogens with zero attached hydrogens (tertiary/aromatic N) is 2. The molecule has 0 saturated carbocycles. The lowest BCUT2D eigenvalue weighted by Crippen LogP contribution is -2.27. The fourth-order valence-corrected chi connectivity index (χ4v) is 2.41. The van der Waals surface area contributed by atoms with Crippen LogP contribution in [0.2, 0.25) is 0 Å². The SMILES string of the molecule is c1cc2[nH]ncc2cc1CN1CCCNCC1. The van der Waals surface area contributed by atoms with E-state index in [0.717, 1.165) is 31.7 Å². The zero-order chi connectivity index (χ0) is 11.5. The minimum absolute atomic E-state index is 1.04. The molecule has 0 amide bonds. The van der Waals surface area contributed by atoms with Crippen LogP contribution in [-0.2, 0) is 6.54 Å². The Balaban J connectivity index is 1.74. The summed E-state index contributed by atoms with van der Waals surface area (Å²) in [5.41, 5.74) is 2.49. The van der Waals surface area contributed by atoms with Gasteiger partial charge in [0.25, 0.3) is 0 Å². The van der Waals surface area contributed by atoms with Crippen LogP contribution < -0.4 is 5.32 Å². The molecule has 3 rings (SSSR count). The van der Waals surface area contributed by atoms with Gasteiger partial charge in [-0.05, 0) is 37.2 Å². The lowest BCUT2D eigenvalue weighted by atomic mass is 10.1. The van der Waals surface area contributed by atoms with Gasteiger partial charge in [0.1, 0.15) is 0 Å². The van der Waals surface area contributed by atoms with Crippen LogP contribution in [0.15, 0.2) is 24.4 Å². The lowest BCUT2D eigenvalue weighted by molar-refractivity contribution is 0.284. The van der Waals surface area contributed by atoms with Crippen molar-refractivity contribution in [3.05, 3.63) is 30.0 Å². The van der Waals surface area contributed by atoms with Gasteiger partial charge in [0, 0.05) is 25.0 Å². The fourth-order valence-electron chi connectivity index (χ4n) is 2.41. The second-order valence-electron chi connectivity index (χ2n) is 4.67. The predicted molar refractivity (Wildman–Crippen MR) is 68.9 cm³/mol. The van der Waals surface area contributed by atoms with Crippen LogP contribution in [0.4, 0.5) is 0 Å². The molecular weight excluding hydrogens is 212 g/mol. The highest BCUT2D eigenvalue weighted by Gasteiger charge is 2.09. The van der Waals surface area contributed by atoms with Crippen LogP contribution in [0.1, 0.15) is 12.0 Å². The van der Waals surface area contributed by atoms with Gasteiger partial charge < -0.3 is 5.32 Å². The van der Waals surface area contributed by atoms with Crippen molar-refractivity contribution in [3.8, 4) is 0 Å². The van der Waals surface area contributed by atoms with E-state index in [2.05, 4.69) is 38.6 Å². The number of H-pyrrole nitrogens is 1. The van der Waals surface area contributed by atoms with Gasteiger partial charge in [0.05, 0.1) is 11.7 Å². The van der Waals surface area contributed by atoms with Gasteiger partial charge in [-0.25, -0.2) is 0 Å². The average molecular weight is 230 g/mol. The molecule has 1 aliphatic heterocycles. The van der Waals surface area contributed by atoms with E-state index < -0.39 is 0 Å². The first-order chi connectivity index (χ1) is 8.42. The van der Waals surface area contributed by atoms with Gasteiger partial charge in [-0.1, -0.05) is 6.07 Å². The first-order valence-electron chi connectivity index (χ1n) is 6.27. The first-order valence-corrected chi connectivity index (χ1v) is 6.27. The first kappa shape index (κ1) is 10.7. The van der Waals surface area contributed by atoms with E-state index in [1.807, 2.05) is 6.20 Å². The normalized spacial score (nSPS) is 18.4. The summed E-state index contributed by atoms with van der Waals surface area (Å²) in [4.78, 5) is 2.52. The molecule has 1 aliphatic rings. The van der Waals surface area contributed by atoms with Crippen LogP contribution >= 0.6 is 0 Å². The number of hydrogen-bond donors (Lipinski definition) is 2. The zero-order valence-corrected chi connectivity index (χ0v) is 9.95. The van der Waals surface area contributed by atoms with E-state index in [9.17, 15) is 0 Å². The summed E-state index contributed by atoms with van der Waals surface area (Å²) in [6.07, 6.45) is 3.14. The van der Waals surface area contributed by atoms with Crippen molar-refractivity contribution >= 4 is 10.9 Å². The number of aromatic nitrogens is 2. The minimum Gasteiger partial charge on any atom is -0.315 e. The maximum Gasteiger partial charge on any atom is 0.0650 e. The van der Waals surface area contributed by atoms with Gasteiger partial charge in [0.15, 0.2) is 0 Å². The molecule has 1 aromatic heterocycles. The van der Waals surface area contributed by atoms with E-state index in [1.165, 1.54) is 23.9 Å². The average Bonchev–Trinajstić information content (AvgIpc) is 2.65. The second-order valence-corrected chi connectivity index (χ2v) is 4.67. The second kappa shape index (κ2) is 4.85. The summed E-state index contributed by atoms with van der Waals surface area (Å²) >= 11 is 0. The molecule has 0 unspecified atom stereocenters. The smallest absolute Gasteiger partial charge is 0.0650 e. The molecule has 0 radical (unpaired) electrons. The van der Waals surface area contributed by atoms with Crippen LogP contribution in [0, 0.1) is 0 Å². The Kier molecular flexibility index (Phi) is 3.07. The van der Waals surface area contributed by atoms with E-state index >= 15 is 0 Å². The van der Waals surface area contributed by atoms with Gasteiger partial charge in [-0.3, -0.25) is 10.00 Å². The predicted octanol–water partition coefficient (Wildman–Crippen LogP) is 1.36. The highest BCUT2D eigenvalue weighted by atomic mass is 15.1. The van der Waals surface area contributed by atoms with Crippen molar-refractivity contribution in [3.63, 3.8) is 0 Å². The van der Waals surface area contributed by atoms with Crippen molar-refractivity contribution in [1.82, 2.24) is 20.4 Å². The summed E-state index contributed by atoms with van der Waals surface area (Å²) in [5, 5.41) is 11.7. The molecule has 2 N–H and O–H groups in total. The van der Waals surface area contributed by atoms with Crippen molar-refractivity contribution in [1.29, 1.82) is 0 Å². The zero-order valence-electron chi connectivity index (χ0n) is 9.95. The molecule has 1 saturated heterocycles. The van der Waals surface area contributed by atoms with Crippen molar-refractivity contribution in [2.24, 2.45) is 0 Å². The maximum atomic E-state index is 4.06. The molecular formula is C13H18N4. The molecule has 0 bridgehead atoms. The van der Waals surface area contributed by atoms with Crippen LogP contribution in [0.25, 0.3) is 10.9 Å². The molecule has 0 spiro atoms. The summed E-state index contributed by atoms with van der Waals surface area (Å²) in [6.45, 7) is 5.63. The summed E-state index contributed by atoms with van der Waals surface area (Å²) in [7, 11) is 0. The quantitative estimate of drug-likeness (QED) is 0.818. The Labute approximate surface area is 101 Å². The van der Waals surface area contributed by atoms with Crippen molar-refractivity contribution < 1.29 is 0 Å². The molecule has 2 aromatic rings. The molecule has 0 aliphatic carbocycles. The lowest BCUT2D eigenvalue weighted by Gasteiger charge is -2.19. The Hall–Kier alpha value is -1.39. The third kappa shape index (κ3) is 2.48. The van der Waals surface area contributed by atoms with Crippen LogP contribution in [-0.4, -0.2) is 41.3 Å². The molecule has 0 atom stereocenters. The highest BCUT2D eigenvalue weighted by Crippen LogP contribution is 2.14. The van der Waals surface area contributed by atoms with E-state index in [0.29, 0.717) is 0 Å². The molecule has 1 aromatic carbocycles. The summed E-state index contributed by atoms with van der Waals surface area (Å²) < 4.78 is 0. The van der Waals surface area contributed by atoms with Crippen molar-refractivity contribution in [2.45, 2.75) is 13.0 Å². The minimum atomic E-state index is 1.04. The standard InChI is InChI=1S/C13H18N4/c1-4-14-5-7-17(6-1)10-11-2-3-13-12(8-11)9-15-16-13/h2-3,8-9,14H,1,4-7,10H2,(H,15,16). The van der Waals surface area contributed by atoms with Crippen LogP contribution in [0.3, 0.4) is 0 Å². The van der Waals surface area contributed by atoms with Gasteiger partial charge in [-0.2, -0.15) is 5.10 Å². The molecule has 1 fully saturated rings. The Morgan fingerprint density at radius 3 is 3.24 bits per heavy atom. The Morgan fingerprint density at radius 2 is 2.24 bits per heavy atom. The summed E-state index contributed by atoms with van der Waals surface area (Å²) in [6, 6.07) is 6.55. The monoisotopic (exact) mass is 230 g/mol. The molecule has 17 heavy (non-hydrogen) atoms. The van der Waals surface area contributed by atoms with E-state index in [4.69, 9.17) is 0 Å².